The van der Waals surface area contributed by atoms with Crippen LogP contribution in [0.5, 0.6) is 11.5 Å². The van der Waals surface area contributed by atoms with E-state index in [4.69, 9.17) is 14.0 Å². The molecule has 10 heteroatoms. The van der Waals surface area contributed by atoms with Crippen molar-refractivity contribution in [2.45, 2.75) is 26.5 Å². The van der Waals surface area contributed by atoms with Gasteiger partial charge in [0, 0.05) is 18.7 Å². The van der Waals surface area contributed by atoms with E-state index < -0.39 is 11.4 Å². The summed E-state index contributed by atoms with van der Waals surface area (Å²) in [5.41, 5.74) is 4.73. The molecule has 0 atom stereocenters. The number of ether oxygens (including phenoxy) is 2. The molecule has 5 rings (SSSR count). The summed E-state index contributed by atoms with van der Waals surface area (Å²) in [6, 6.07) is 30.6. The number of nitrogens with zero attached hydrogens (tertiary/aromatic N) is 2. The molecule has 5 aromatic rings. The summed E-state index contributed by atoms with van der Waals surface area (Å²) in [5.74, 6) is 0.466. The number of benzene rings is 4. The van der Waals surface area contributed by atoms with Crippen molar-refractivity contribution in [3.05, 3.63) is 140 Å². The van der Waals surface area contributed by atoms with Crippen LogP contribution in [0.1, 0.15) is 33.5 Å². The average Bonchev–Trinajstić information content (AvgIpc) is 3.32. The Hall–Kier alpha value is -4.31. The summed E-state index contributed by atoms with van der Waals surface area (Å²) in [6.45, 7) is 3.53. The maximum Gasteiger partial charge on any atom is 1.00 e. The Balaban J connectivity index is 0.00000423. The first kappa shape index (κ1) is 31.6. The Morgan fingerprint density at radius 3 is 2.35 bits per heavy atom. The minimum atomic E-state index is -0.907. The summed E-state index contributed by atoms with van der Waals surface area (Å²) < 4.78 is 17.3. The van der Waals surface area contributed by atoms with Gasteiger partial charge in [-0.15, -0.1) is 0 Å². The number of hydrogen-bond acceptors (Lipinski definition) is 6. The standard InChI is InChI=1S/C33H31N3O6.Na/c1-23-19-27(31(37)34-17-6-18-40-28-9-3-2-4-10-28)13-16-30(23)26-8-5-7-25(20-26)22-41-29-14-11-24(12-15-29)21-36-32(38)35-33(39)42-36;/h2-5,7-16,19-20H,6,17-18,21-22H2,1H3,(H2,34,35,37,38,39);/q;+1/p-1. The Labute approximate surface area is 270 Å². The molecular formula is C33H30N3NaO6. The maximum atomic E-state index is 12.7. The summed E-state index contributed by atoms with van der Waals surface area (Å²) >= 11 is 0. The number of aryl methyl sites for hydroxylation is 1. The van der Waals surface area contributed by atoms with Crippen LogP contribution in [0.2, 0.25) is 0 Å². The minimum Gasteiger partial charge on any atom is -0.494 e. The van der Waals surface area contributed by atoms with Crippen LogP contribution < -0.4 is 60.8 Å². The number of carbonyl (C=O) groups is 1. The fourth-order valence-corrected chi connectivity index (χ4v) is 4.45. The normalized spacial score (nSPS) is 10.5. The zero-order valence-corrected chi connectivity index (χ0v) is 26.1. The number of aromatic nitrogens is 2. The molecule has 43 heavy (non-hydrogen) atoms. The smallest absolute Gasteiger partial charge is 0.494 e. The van der Waals surface area contributed by atoms with Crippen LogP contribution in [-0.2, 0) is 13.2 Å². The molecule has 0 fully saturated rings. The first-order valence-electron chi connectivity index (χ1n) is 13.6. The second kappa shape index (κ2) is 15.2. The predicted octanol–water partition coefficient (Wildman–Crippen LogP) is 1.56. The molecule has 9 nitrogen and oxygen atoms in total. The van der Waals surface area contributed by atoms with Crippen LogP contribution in [0, 0.1) is 6.92 Å². The first-order chi connectivity index (χ1) is 20.4. The Morgan fingerprint density at radius 2 is 1.63 bits per heavy atom. The summed E-state index contributed by atoms with van der Waals surface area (Å²) in [7, 11) is 0. The fourth-order valence-electron chi connectivity index (χ4n) is 4.45. The van der Waals surface area contributed by atoms with Crippen molar-refractivity contribution in [1.82, 2.24) is 15.0 Å². The zero-order chi connectivity index (χ0) is 29.3. The summed E-state index contributed by atoms with van der Waals surface area (Å²) in [6.07, 6.45) is 0.712. The van der Waals surface area contributed by atoms with E-state index in [0.717, 1.165) is 38.3 Å². The van der Waals surface area contributed by atoms with Gasteiger partial charge >= 0.3 is 35.3 Å². The van der Waals surface area contributed by atoms with E-state index >= 15 is 0 Å². The van der Waals surface area contributed by atoms with E-state index in [-0.39, 0.29) is 42.0 Å². The van der Waals surface area contributed by atoms with Crippen molar-refractivity contribution in [2.75, 3.05) is 13.2 Å². The van der Waals surface area contributed by atoms with Crippen LogP contribution >= 0.6 is 0 Å². The molecular weight excluding hydrogens is 557 g/mol. The molecule has 0 saturated carbocycles. The molecule has 0 radical (unpaired) electrons. The quantitative estimate of drug-likeness (QED) is 0.174. The molecule has 0 saturated heterocycles. The fraction of sp³-hybridized carbons (Fsp3) is 0.182. The third-order valence-corrected chi connectivity index (χ3v) is 6.59. The van der Waals surface area contributed by atoms with Crippen molar-refractivity contribution in [3.63, 3.8) is 0 Å². The molecule has 0 spiro atoms. The van der Waals surface area contributed by atoms with Crippen molar-refractivity contribution in [1.29, 1.82) is 0 Å². The van der Waals surface area contributed by atoms with E-state index in [0.29, 0.717) is 37.5 Å². The maximum absolute atomic E-state index is 12.7. The Morgan fingerprint density at radius 1 is 0.860 bits per heavy atom. The molecule has 0 aliphatic heterocycles. The zero-order valence-electron chi connectivity index (χ0n) is 24.1. The number of carbonyl (C=O) groups excluding carboxylic acids is 1. The second-order valence-electron chi connectivity index (χ2n) is 9.72. The molecule has 0 aliphatic carbocycles. The van der Waals surface area contributed by atoms with Gasteiger partial charge in [-0.05, 0) is 83.6 Å². The molecule has 0 unspecified atom stereocenters. The largest absolute Gasteiger partial charge is 1.00 e. The number of nitrogens with one attached hydrogen (secondary N) is 1. The van der Waals surface area contributed by atoms with Gasteiger partial charge in [0.15, 0.2) is 5.69 Å². The van der Waals surface area contributed by atoms with Gasteiger partial charge in [-0.25, -0.2) is 4.79 Å². The first-order valence-corrected chi connectivity index (χ1v) is 13.6. The van der Waals surface area contributed by atoms with Gasteiger partial charge in [0.05, 0.1) is 6.61 Å². The molecule has 0 aliphatic rings. The predicted molar refractivity (Wildman–Crippen MR) is 158 cm³/mol. The summed E-state index contributed by atoms with van der Waals surface area (Å²) in [5, 5.41) is 2.96. The van der Waals surface area contributed by atoms with Crippen molar-refractivity contribution in [2.24, 2.45) is 0 Å². The van der Waals surface area contributed by atoms with Crippen LogP contribution in [0.25, 0.3) is 11.1 Å². The third kappa shape index (κ3) is 8.84. The van der Waals surface area contributed by atoms with E-state index in [1.807, 2.05) is 73.7 Å². The Kier molecular flexibility index (Phi) is 11.2. The topological polar surface area (TPSA) is 114 Å². The molecule has 1 aromatic heterocycles. The van der Waals surface area contributed by atoms with Crippen molar-refractivity contribution >= 4 is 5.91 Å². The molecule has 4 aromatic carbocycles. The number of hydrogen-bond donors (Lipinski definition) is 1. The van der Waals surface area contributed by atoms with Gasteiger partial charge in [-0.2, -0.15) is 0 Å². The minimum absolute atomic E-state index is 0. The summed E-state index contributed by atoms with van der Waals surface area (Å²) in [4.78, 5) is 38.6. The molecule has 0 bridgehead atoms. The van der Waals surface area contributed by atoms with Crippen LogP contribution in [0.15, 0.2) is 111 Å². The monoisotopic (exact) mass is 587 g/mol. The van der Waals surface area contributed by atoms with Gasteiger partial charge < -0.3 is 24.3 Å². The van der Waals surface area contributed by atoms with Crippen molar-refractivity contribution in [3.8, 4) is 22.6 Å². The van der Waals surface area contributed by atoms with E-state index in [2.05, 4.69) is 16.4 Å². The van der Waals surface area contributed by atoms with Gasteiger partial charge in [0.25, 0.3) is 5.91 Å². The molecule has 214 valence electrons. The van der Waals surface area contributed by atoms with Crippen LogP contribution in [0.4, 0.5) is 0 Å². The van der Waals surface area contributed by atoms with Crippen LogP contribution in [-0.4, -0.2) is 23.8 Å². The number of rotatable bonds is 12. The SMILES string of the molecule is Cc1cc(C(=O)NCCCOc2ccccc2)ccc1-c1cccc(COc2ccc(Cn3oc(=O)[n-]c3=O)cc2)c1.[Na+]. The molecule has 1 amide bonds. The second-order valence-corrected chi connectivity index (χ2v) is 9.72. The van der Waals surface area contributed by atoms with E-state index in [1.165, 1.54) is 0 Å². The van der Waals surface area contributed by atoms with Gasteiger partial charge in [0.2, 0.25) is 0 Å². The van der Waals surface area contributed by atoms with Gasteiger partial charge in [-0.3, -0.25) is 14.3 Å². The Bertz CT molecular complexity index is 1760. The van der Waals surface area contributed by atoms with Gasteiger partial charge in [-0.1, -0.05) is 54.6 Å². The average molecular weight is 588 g/mol. The van der Waals surface area contributed by atoms with E-state index in [1.54, 1.807) is 24.3 Å². The van der Waals surface area contributed by atoms with Crippen molar-refractivity contribution < 1.29 is 48.3 Å². The number of amides is 1. The number of para-hydroxylation sites is 1. The van der Waals surface area contributed by atoms with E-state index in [9.17, 15) is 14.4 Å². The molecule has 1 N–H and O–H groups in total. The third-order valence-electron chi connectivity index (χ3n) is 6.59. The van der Waals surface area contributed by atoms with Gasteiger partial charge in [0.1, 0.15) is 18.1 Å². The molecule has 1 heterocycles. The van der Waals surface area contributed by atoms with Crippen LogP contribution in [0.3, 0.4) is 0 Å².